The molecule has 0 fully saturated rings. The second-order valence-electron chi connectivity index (χ2n) is 6.74. The molecule has 0 unspecified atom stereocenters. The summed E-state index contributed by atoms with van der Waals surface area (Å²) in [5.41, 5.74) is 3.84. The molecule has 3 aromatic rings. The number of nitrogens with zero attached hydrogens (tertiary/aromatic N) is 2. The van der Waals surface area contributed by atoms with Crippen molar-refractivity contribution in [1.29, 1.82) is 0 Å². The van der Waals surface area contributed by atoms with E-state index in [2.05, 4.69) is 10.4 Å². The van der Waals surface area contributed by atoms with Crippen molar-refractivity contribution >= 4 is 22.5 Å². The number of aromatic nitrogens is 2. The zero-order chi connectivity index (χ0) is 20.5. The first-order chi connectivity index (χ1) is 14.0. The predicted molar refractivity (Wildman–Crippen MR) is 111 cm³/mol. The molecule has 2 heterocycles. The first-order valence-corrected chi connectivity index (χ1v) is 10.6. The van der Waals surface area contributed by atoms with Gasteiger partial charge in [0, 0.05) is 16.4 Å². The molecule has 1 N–H and O–H groups in total. The number of carbonyl (C=O) groups is 1. The van der Waals surface area contributed by atoms with Crippen molar-refractivity contribution in [2.45, 2.75) is 18.4 Å². The Bertz CT molecular complexity index is 1110. The van der Waals surface area contributed by atoms with Crippen LogP contribution in [-0.2, 0) is 22.3 Å². The maximum Gasteiger partial charge on any atom is 0.260 e. The molecule has 0 aliphatic carbocycles. The molecule has 0 radical (unpaired) electrons. The zero-order valence-electron chi connectivity index (χ0n) is 16.4. The van der Waals surface area contributed by atoms with Gasteiger partial charge < -0.3 is 14.8 Å². The zero-order valence-corrected chi connectivity index (χ0v) is 17.2. The Balaban J connectivity index is 1.76. The van der Waals surface area contributed by atoms with Crippen LogP contribution < -0.4 is 14.8 Å². The van der Waals surface area contributed by atoms with Crippen LogP contribution in [0.4, 0.5) is 5.82 Å². The van der Waals surface area contributed by atoms with Gasteiger partial charge in [-0.1, -0.05) is 23.8 Å². The van der Waals surface area contributed by atoms with Crippen LogP contribution in [0.1, 0.15) is 27.2 Å². The molecule has 4 rings (SSSR count). The van der Waals surface area contributed by atoms with Crippen LogP contribution in [0.3, 0.4) is 0 Å². The van der Waals surface area contributed by atoms with Gasteiger partial charge in [-0.2, -0.15) is 5.10 Å². The summed E-state index contributed by atoms with van der Waals surface area (Å²) < 4.78 is 24.4. The normalized spacial score (nSPS) is 15.1. The average molecular weight is 411 g/mol. The highest BCUT2D eigenvalue weighted by molar-refractivity contribution is 7.83. The Morgan fingerprint density at radius 3 is 2.55 bits per heavy atom. The van der Waals surface area contributed by atoms with E-state index in [1.165, 1.54) is 14.2 Å². The molecular weight excluding hydrogens is 390 g/mol. The number of para-hydroxylation sites is 1. The van der Waals surface area contributed by atoms with Gasteiger partial charge >= 0.3 is 0 Å². The topological polar surface area (TPSA) is 82.5 Å². The lowest BCUT2D eigenvalue weighted by molar-refractivity contribution is 0.102. The van der Waals surface area contributed by atoms with Crippen LogP contribution in [0.15, 0.2) is 42.5 Å². The molecule has 1 amide bonds. The SMILES string of the molecule is COc1cccc(C(=O)Nc2c3c(nn2-c2ccc(C)cc2)C[S@](=O)C3)c1OC. The van der Waals surface area contributed by atoms with E-state index in [4.69, 9.17) is 9.47 Å². The number of aryl methyl sites for hydroxylation is 1. The maximum absolute atomic E-state index is 13.1. The lowest BCUT2D eigenvalue weighted by atomic mass is 10.1. The predicted octanol–water partition coefficient (Wildman–Crippen LogP) is 3.21. The van der Waals surface area contributed by atoms with E-state index in [1.54, 1.807) is 22.9 Å². The van der Waals surface area contributed by atoms with Crippen molar-refractivity contribution in [2.75, 3.05) is 19.5 Å². The number of hydrogen-bond donors (Lipinski definition) is 1. The third-order valence-electron chi connectivity index (χ3n) is 4.83. The summed E-state index contributed by atoms with van der Waals surface area (Å²) in [6, 6.07) is 13.0. The number of methoxy groups -OCH3 is 2. The fraction of sp³-hybridized carbons (Fsp3) is 0.238. The number of anilines is 1. The second kappa shape index (κ2) is 7.71. The van der Waals surface area contributed by atoms with Crippen LogP contribution in [0.5, 0.6) is 11.5 Å². The average Bonchev–Trinajstić information content (AvgIpc) is 3.24. The number of nitrogens with one attached hydrogen (secondary N) is 1. The summed E-state index contributed by atoms with van der Waals surface area (Å²) in [6.07, 6.45) is 0. The van der Waals surface area contributed by atoms with Crippen molar-refractivity contribution in [1.82, 2.24) is 9.78 Å². The molecule has 2 aromatic carbocycles. The minimum atomic E-state index is -1.01. The number of carbonyl (C=O) groups excluding carboxylic acids is 1. The highest BCUT2D eigenvalue weighted by Gasteiger charge is 2.29. The minimum Gasteiger partial charge on any atom is -0.493 e. The van der Waals surface area contributed by atoms with E-state index < -0.39 is 10.8 Å². The Kier molecular flexibility index (Phi) is 5.10. The number of ether oxygens (including phenoxy) is 2. The van der Waals surface area contributed by atoms with Crippen LogP contribution in [-0.4, -0.2) is 34.1 Å². The molecule has 0 spiro atoms. The van der Waals surface area contributed by atoms with E-state index in [0.29, 0.717) is 34.4 Å². The van der Waals surface area contributed by atoms with Crippen LogP contribution >= 0.6 is 0 Å². The van der Waals surface area contributed by atoms with Gasteiger partial charge in [0.25, 0.3) is 5.91 Å². The van der Waals surface area contributed by atoms with Gasteiger partial charge in [-0.15, -0.1) is 0 Å². The van der Waals surface area contributed by atoms with Crippen molar-refractivity contribution in [3.05, 3.63) is 64.8 Å². The first-order valence-electron chi connectivity index (χ1n) is 9.07. The lowest BCUT2D eigenvalue weighted by Crippen LogP contribution is -2.17. The smallest absolute Gasteiger partial charge is 0.260 e. The van der Waals surface area contributed by atoms with Crippen LogP contribution in [0.2, 0.25) is 0 Å². The fourth-order valence-electron chi connectivity index (χ4n) is 3.37. The third kappa shape index (κ3) is 3.51. The molecule has 7 nitrogen and oxygen atoms in total. The third-order valence-corrected chi connectivity index (χ3v) is 6.03. The van der Waals surface area contributed by atoms with Gasteiger partial charge in [0.15, 0.2) is 11.5 Å². The van der Waals surface area contributed by atoms with E-state index in [0.717, 1.165) is 22.5 Å². The van der Waals surface area contributed by atoms with Gasteiger partial charge in [0.2, 0.25) is 0 Å². The number of benzene rings is 2. The summed E-state index contributed by atoms with van der Waals surface area (Å²) in [5.74, 6) is 1.76. The summed E-state index contributed by atoms with van der Waals surface area (Å²) in [4.78, 5) is 13.1. The Hall–Kier alpha value is -3.13. The lowest BCUT2D eigenvalue weighted by Gasteiger charge is -2.14. The Morgan fingerprint density at radius 1 is 1.10 bits per heavy atom. The van der Waals surface area contributed by atoms with Crippen molar-refractivity contribution in [3.8, 4) is 17.2 Å². The number of fused-ring (bicyclic) bond motifs is 1. The summed E-state index contributed by atoms with van der Waals surface area (Å²) in [6.45, 7) is 2.01. The molecule has 1 atom stereocenters. The molecule has 0 bridgehead atoms. The van der Waals surface area contributed by atoms with Crippen LogP contribution in [0, 0.1) is 6.92 Å². The number of amides is 1. The molecule has 1 aromatic heterocycles. The molecule has 29 heavy (non-hydrogen) atoms. The van der Waals surface area contributed by atoms with E-state index in [1.807, 2.05) is 31.2 Å². The standard InChI is InChI=1S/C21H21N3O4S/c1-13-7-9-14(10-8-13)24-20(16-11-29(26)12-17(16)23-24)22-21(25)15-5-4-6-18(27-2)19(15)28-3/h4-10H,11-12H2,1-3H3,(H,22,25)/t29-/m1/s1. The largest absolute Gasteiger partial charge is 0.493 e. The molecular formula is C21H21N3O4S. The van der Waals surface area contributed by atoms with Crippen molar-refractivity contribution in [2.24, 2.45) is 0 Å². The molecule has 0 saturated carbocycles. The quantitative estimate of drug-likeness (QED) is 0.697. The van der Waals surface area contributed by atoms with Crippen molar-refractivity contribution in [3.63, 3.8) is 0 Å². The summed E-state index contributed by atoms with van der Waals surface area (Å²) >= 11 is 0. The molecule has 0 saturated heterocycles. The number of hydrogen-bond acceptors (Lipinski definition) is 5. The summed E-state index contributed by atoms with van der Waals surface area (Å²) in [5, 5.41) is 7.58. The van der Waals surface area contributed by atoms with Gasteiger partial charge in [-0.3, -0.25) is 9.00 Å². The summed E-state index contributed by atoms with van der Waals surface area (Å²) in [7, 11) is 2.01. The van der Waals surface area contributed by atoms with E-state index in [9.17, 15) is 9.00 Å². The molecule has 1 aliphatic rings. The second-order valence-corrected chi connectivity index (χ2v) is 8.20. The number of rotatable bonds is 5. The minimum absolute atomic E-state index is 0.344. The first kappa shape index (κ1) is 19.2. The van der Waals surface area contributed by atoms with Gasteiger partial charge in [-0.25, -0.2) is 4.68 Å². The van der Waals surface area contributed by atoms with Crippen LogP contribution in [0.25, 0.3) is 5.69 Å². The Morgan fingerprint density at radius 2 is 1.86 bits per heavy atom. The van der Waals surface area contributed by atoms with E-state index in [-0.39, 0.29) is 5.91 Å². The monoisotopic (exact) mass is 411 g/mol. The Labute approximate surface area is 171 Å². The fourth-order valence-corrected chi connectivity index (χ4v) is 4.63. The van der Waals surface area contributed by atoms with Gasteiger partial charge in [-0.05, 0) is 31.2 Å². The molecule has 8 heteroatoms. The highest BCUT2D eigenvalue weighted by Crippen LogP contribution is 2.34. The molecule has 150 valence electrons. The van der Waals surface area contributed by atoms with Crippen molar-refractivity contribution < 1.29 is 18.5 Å². The van der Waals surface area contributed by atoms with Gasteiger partial charge in [0.1, 0.15) is 5.82 Å². The van der Waals surface area contributed by atoms with Gasteiger partial charge in [0.05, 0.1) is 42.7 Å². The maximum atomic E-state index is 13.1. The van der Waals surface area contributed by atoms with E-state index >= 15 is 0 Å². The highest BCUT2D eigenvalue weighted by atomic mass is 32.2. The molecule has 1 aliphatic heterocycles.